The number of H-pyrrole nitrogens is 2. The second-order valence-corrected chi connectivity index (χ2v) is 6.59. The van der Waals surface area contributed by atoms with Gasteiger partial charge in [0.05, 0.1) is 17.8 Å². The van der Waals surface area contributed by atoms with Crippen LogP contribution in [0, 0.1) is 0 Å². The van der Waals surface area contributed by atoms with Gasteiger partial charge in [-0.2, -0.15) is 0 Å². The van der Waals surface area contributed by atoms with E-state index in [9.17, 15) is 4.79 Å². The van der Waals surface area contributed by atoms with Gasteiger partial charge in [-0.3, -0.25) is 9.69 Å². The highest BCUT2D eigenvalue weighted by Gasteiger charge is 2.24. The third-order valence-electron chi connectivity index (χ3n) is 3.79. The molecule has 0 aromatic carbocycles. The Balaban J connectivity index is 1.85. The predicted molar refractivity (Wildman–Crippen MR) is 80.0 cm³/mol. The Morgan fingerprint density at radius 2 is 2.19 bits per heavy atom. The minimum atomic E-state index is -0.139. The van der Waals surface area contributed by atoms with Crippen molar-refractivity contribution in [1.82, 2.24) is 24.8 Å². The topological polar surface area (TPSA) is 77.7 Å². The van der Waals surface area contributed by atoms with Crippen LogP contribution in [0.3, 0.4) is 0 Å². The second-order valence-electron chi connectivity index (χ2n) is 6.59. The molecule has 0 atom stereocenters. The molecule has 6 heteroatoms. The van der Waals surface area contributed by atoms with Crippen LogP contribution in [0.25, 0.3) is 0 Å². The fraction of sp³-hybridized carbons (Fsp3) is 0.533. The summed E-state index contributed by atoms with van der Waals surface area (Å²) in [6, 6.07) is 0. The molecular weight excluding hydrogens is 266 g/mol. The Morgan fingerprint density at radius 3 is 2.86 bits per heavy atom. The molecule has 0 amide bonds. The van der Waals surface area contributed by atoms with E-state index in [0.29, 0.717) is 6.54 Å². The van der Waals surface area contributed by atoms with Gasteiger partial charge in [-0.15, -0.1) is 0 Å². The molecule has 0 saturated carbocycles. The van der Waals surface area contributed by atoms with E-state index in [1.807, 2.05) is 6.20 Å². The summed E-state index contributed by atoms with van der Waals surface area (Å²) < 4.78 is 0. The summed E-state index contributed by atoms with van der Waals surface area (Å²) in [4.78, 5) is 29.5. The fourth-order valence-corrected chi connectivity index (χ4v) is 2.57. The summed E-state index contributed by atoms with van der Waals surface area (Å²) in [6.07, 6.45) is 4.37. The Kier molecular flexibility index (Phi) is 3.41. The van der Waals surface area contributed by atoms with Crippen molar-refractivity contribution in [3.8, 4) is 0 Å². The Morgan fingerprint density at radius 1 is 1.38 bits per heavy atom. The second kappa shape index (κ2) is 5.11. The number of aromatic nitrogens is 4. The van der Waals surface area contributed by atoms with E-state index >= 15 is 0 Å². The molecule has 0 aliphatic carbocycles. The molecule has 3 rings (SSSR count). The van der Waals surface area contributed by atoms with Gasteiger partial charge in [0, 0.05) is 37.3 Å². The number of fused-ring (bicyclic) bond motifs is 1. The van der Waals surface area contributed by atoms with Crippen LogP contribution in [0.15, 0.2) is 17.2 Å². The molecule has 112 valence electrons. The summed E-state index contributed by atoms with van der Waals surface area (Å²) in [7, 11) is 0. The molecule has 21 heavy (non-hydrogen) atoms. The molecule has 0 saturated heterocycles. The summed E-state index contributed by atoms with van der Waals surface area (Å²) >= 11 is 0. The number of rotatable bonds is 2. The average molecular weight is 287 g/mol. The van der Waals surface area contributed by atoms with Crippen LogP contribution in [-0.2, 0) is 24.9 Å². The fourth-order valence-electron chi connectivity index (χ4n) is 2.57. The quantitative estimate of drug-likeness (QED) is 0.874. The van der Waals surface area contributed by atoms with E-state index in [4.69, 9.17) is 0 Å². The molecule has 0 spiro atoms. The van der Waals surface area contributed by atoms with E-state index in [-0.39, 0.29) is 11.0 Å². The van der Waals surface area contributed by atoms with E-state index in [1.165, 1.54) is 0 Å². The predicted octanol–water partition coefficient (Wildman–Crippen LogP) is 1.35. The van der Waals surface area contributed by atoms with Gasteiger partial charge in [-0.1, -0.05) is 20.8 Å². The smallest absolute Gasteiger partial charge is 0.255 e. The van der Waals surface area contributed by atoms with Crippen LogP contribution in [0.1, 0.15) is 43.7 Å². The molecule has 2 N–H and O–H groups in total. The monoisotopic (exact) mass is 287 g/mol. The average Bonchev–Trinajstić information content (AvgIpc) is 2.91. The van der Waals surface area contributed by atoms with Gasteiger partial charge in [0.15, 0.2) is 0 Å². The summed E-state index contributed by atoms with van der Waals surface area (Å²) in [6.45, 7) is 8.43. The van der Waals surface area contributed by atoms with Crippen LogP contribution in [-0.4, -0.2) is 31.4 Å². The van der Waals surface area contributed by atoms with Crippen molar-refractivity contribution >= 4 is 0 Å². The maximum atomic E-state index is 12.3. The Hall–Kier alpha value is -1.95. The summed E-state index contributed by atoms with van der Waals surface area (Å²) in [5.41, 5.74) is 1.59. The minimum Gasteiger partial charge on any atom is -0.348 e. The molecular formula is C15H21N5O. The number of aromatic amines is 2. The Labute approximate surface area is 123 Å². The Bertz CT molecular complexity index is 681. The van der Waals surface area contributed by atoms with Crippen molar-refractivity contribution in [2.45, 2.75) is 45.7 Å². The summed E-state index contributed by atoms with van der Waals surface area (Å²) in [5.74, 6) is 1.69. The lowest BCUT2D eigenvalue weighted by Crippen LogP contribution is -2.37. The first kappa shape index (κ1) is 14.0. The number of hydrogen-bond acceptors (Lipinski definition) is 4. The maximum absolute atomic E-state index is 12.3. The lowest BCUT2D eigenvalue weighted by Gasteiger charge is -2.28. The molecule has 0 radical (unpaired) electrons. The van der Waals surface area contributed by atoms with Gasteiger partial charge in [0.1, 0.15) is 11.6 Å². The van der Waals surface area contributed by atoms with Crippen molar-refractivity contribution in [2.24, 2.45) is 0 Å². The SMILES string of the molecule is CC(C)(C)c1nc2c(c(=O)[nH]1)CN(Cc1ncc[nH]1)CC2. The highest BCUT2D eigenvalue weighted by molar-refractivity contribution is 5.22. The van der Waals surface area contributed by atoms with E-state index in [2.05, 4.69) is 45.6 Å². The van der Waals surface area contributed by atoms with Crippen LogP contribution in [0.4, 0.5) is 0 Å². The first-order chi connectivity index (χ1) is 9.93. The van der Waals surface area contributed by atoms with Gasteiger partial charge in [0.2, 0.25) is 0 Å². The molecule has 6 nitrogen and oxygen atoms in total. The molecule has 0 bridgehead atoms. The lowest BCUT2D eigenvalue weighted by molar-refractivity contribution is 0.235. The zero-order valence-electron chi connectivity index (χ0n) is 12.7. The van der Waals surface area contributed by atoms with Crippen molar-refractivity contribution in [3.05, 3.63) is 45.7 Å². The number of hydrogen-bond donors (Lipinski definition) is 2. The van der Waals surface area contributed by atoms with Gasteiger partial charge < -0.3 is 9.97 Å². The van der Waals surface area contributed by atoms with Crippen LogP contribution >= 0.6 is 0 Å². The molecule has 0 unspecified atom stereocenters. The third kappa shape index (κ3) is 2.90. The van der Waals surface area contributed by atoms with Crippen molar-refractivity contribution in [1.29, 1.82) is 0 Å². The zero-order valence-corrected chi connectivity index (χ0v) is 12.7. The van der Waals surface area contributed by atoms with Gasteiger partial charge >= 0.3 is 0 Å². The van der Waals surface area contributed by atoms with E-state index in [1.54, 1.807) is 6.20 Å². The highest BCUT2D eigenvalue weighted by Crippen LogP contribution is 2.20. The third-order valence-corrected chi connectivity index (χ3v) is 3.79. The van der Waals surface area contributed by atoms with E-state index in [0.717, 1.165) is 42.4 Å². The summed E-state index contributed by atoms with van der Waals surface area (Å²) in [5, 5.41) is 0. The van der Waals surface area contributed by atoms with Crippen molar-refractivity contribution < 1.29 is 0 Å². The normalized spacial score (nSPS) is 16.0. The van der Waals surface area contributed by atoms with Crippen molar-refractivity contribution in [2.75, 3.05) is 6.54 Å². The highest BCUT2D eigenvalue weighted by atomic mass is 16.1. The number of nitrogens with one attached hydrogen (secondary N) is 2. The van der Waals surface area contributed by atoms with E-state index < -0.39 is 0 Å². The first-order valence-electron chi connectivity index (χ1n) is 7.26. The largest absolute Gasteiger partial charge is 0.348 e. The lowest BCUT2D eigenvalue weighted by atomic mass is 9.95. The maximum Gasteiger partial charge on any atom is 0.255 e. The van der Waals surface area contributed by atoms with Crippen LogP contribution in [0.2, 0.25) is 0 Å². The van der Waals surface area contributed by atoms with Gasteiger partial charge in [-0.25, -0.2) is 9.97 Å². The molecule has 2 aromatic heterocycles. The van der Waals surface area contributed by atoms with Gasteiger partial charge in [0.25, 0.3) is 5.56 Å². The number of nitrogens with zero attached hydrogens (tertiary/aromatic N) is 3. The van der Waals surface area contributed by atoms with Crippen molar-refractivity contribution in [3.63, 3.8) is 0 Å². The molecule has 1 aliphatic heterocycles. The molecule has 3 heterocycles. The van der Waals surface area contributed by atoms with Crippen LogP contribution < -0.4 is 5.56 Å². The molecule has 1 aliphatic rings. The zero-order chi connectivity index (χ0) is 15.0. The standard InChI is InChI=1S/C15H21N5O/c1-15(2,3)14-18-11-4-7-20(8-10(11)13(21)19-14)9-12-16-5-6-17-12/h5-6H,4,7-9H2,1-3H3,(H,16,17)(H,18,19,21). The minimum absolute atomic E-state index is 0.00549. The first-order valence-corrected chi connectivity index (χ1v) is 7.26. The van der Waals surface area contributed by atoms with Crippen LogP contribution in [0.5, 0.6) is 0 Å². The number of imidazole rings is 1. The molecule has 2 aromatic rings. The van der Waals surface area contributed by atoms with Gasteiger partial charge in [-0.05, 0) is 0 Å². The molecule has 0 fully saturated rings.